The molecule has 1 heterocycles. The predicted octanol–water partition coefficient (Wildman–Crippen LogP) is 2.47. The van der Waals surface area contributed by atoms with E-state index in [0.29, 0.717) is 6.61 Å². The third kappa shape index (κ3) is 4.84. The molecule has 4 nitrogen and oxygen atoms in total. The Morgan fingerprint density at radius 3 is 2.50 bits per heavy atom. The van der Waals surface area contributed by atoms with E-state index in [0.717, 1.165) is 12.8 Å². The maximum atomic E-state index is 11.5. The van der Waals surface area contributed by atoms with E-state index in [2.05, 4.69) is 19.2 Å². The quantitative estimate of drug-likeness (QED) is 0.751. The van der Waals surface area contributed by atoms with Gasteiger partial charge < -0.3 is 14.8 Å². The molecule has 0 bridgehead atoms. The first kappa shape index (κ1) is 13.3. The Labute approximate surface area is 97.7 Å². The van der Waals surface area contributed by atoms with Crippen LogP contribution in [0.2, 0.25) is 0 Å². The van der Waals surface area contributed by atoms with Gasteiger partial charge in [-0.1, -0.05) is 0 Å². The van der Waals surface area contributed by atoms with Crippen LogP contribution >= 0.6 is 0 Å². The lowest BCUT2D eigenvalue weighted by atomic mass is 9.96. The zero-order chi connectivity index (χ0) is 12.4. The Bertz CT molecular complexity index is 245. The molecule has 1 rings (SSSR count). The van der Waals surface area contributed by atoms with Crippen LogP contribution in [0.4, 0.5) is 4.79 Å². The van der Waals surface area contributed by atoms with Crippen LogP contribution < -0.4 is 5.32 Å². The van der Waals surface area contributed by atoms with Crippen LogP contribution in [0.25, 0.3) is 0 Å². The molecule has 0 saturated carbocycles. The molecular formula is C12H23NO3. The molecule has 1 atom stereocenters. The molecule has 0 aliphatic carbocycles. The van der Waals surface area contributed by atoms with Crippen LogP contribution in [0.15, 0.2) is 0 Å². The first-order valence-electron chi connectivity index (χ1n) is 5.81. The molecule has 16 heavy (non-hydrogen) atoms. The minimum absolute atomic E-state index is 0.0634. The molecule has 1 saturated heterocycles. The number of carbonyl (C=O) groups is 1. The standard InChI is InChI=1S/C12H23NO3/c1-11(2,3)16-10(14)13-9-6-7-12(4,5)15-8-9/h9H,6-8H2,1-5H3,(H,13,14). The van der Waals surface area contributed by atoms with Gasteiger partial charge in [0.1, 0.15) is 5.60 Å². The van der Waals surface area contributed by atoms with Crippen molar-refractivity contribution in [1.29, 1.82) is 0 Å². The van der Waals surface area contributed by atoms with Crippen molar-refractivity contribution in [3.8, 4) is 0 Å². The van der Waals surface area contributed by atoms with Crippen LogP contribution in [0.1, 0.15) is 47.5 Å². The normalized spacial score (nSPS) is 24.9. The van der Waals surface area contributed by atoms with Gasteiger partial charge in [-0.2, -0.15) is 0 Å². The maximum Gasteiger partial charge on any atom is 0.407 e. The number of alkyl carbamates (subject to hydrolysis) is 1. The average Bonchev–Trinajstić information content (AvgIpc) is 2.05. The second-order valence-corrected chi connectivity index (χ2v) is 5.95. The van der Waals surface area contributed by atoms with Crippen LogP contribution in [0, 0.1) is 0 Å². The molecule has 1 aliphatic rings. The second-order valence-electron chi connectivity index (χ2n) is 5.95. The van der Waals surface area contributed by atoms with Gasteiger partial charge in [-0.3, -0.25) is 0 Å². The van der Waals surface area contributed by atoms with Gasteiger partial charge in [-0.05, 0) is 47.5 Å². The number of rotatable bonds is 1. The Morgan fingerprint density at radius 2 is 2.06 bits per heavy atom. The fraction of sp³-hybridized carbons (Fsp3) is 0.917. The van der Waals surface area contributed by atoms with E-state index >= 15 is 0 Å². The predicted molar refractivity (Wildman–Crippen MR) is 62.4 cm³/mol. The summed E-state index contributed by atoms with van der Waals surface area (Å²) in [5, 5.41) is 2.83. The van der Waals surface area contributed by atoms with Crippen molar-refractivity contribution < 1.29 is 14.3 Å². The topological polar surface area (TPSA) is 47.6 Å². The van der Waals surface area contributed by atoms with Gasteiger partial charge in [-0.25, -0.2) is 4.79 Å². The molecule has 1 N–H and O–H groups in total. The molecule has 1 unspecified atom stereocenters. The number of amides is 1. The fourth-order valence-electron chi connectivity index (χ4n) is 1.59. The van der Waals surface area contributed by atoms with Gasteiger partial charge in [-0.15, -0.1) is 0 Å². The van der Waals surface area contributed by atoms with Crippen LogP contribution in [0.3, 0.4) is 0 Å². The van der Waals surface area contributed by atoms with Crippen LogP contribution in [-0.4, -0.2) is 29.9 Å². The van der Waals surface area contributed by atoms with Gasteiger partial charge in [0.15, 0.2) is 0 Å². The summed E-state index contributed by atoms with van der Waals surface area (Å²) in [5.41, 5.74) is -0.509. The third-order valence-corrected chi connectivity index (χ3v) is 2.49. The van der Waals surface area contributed by atoms with Crippen molar-refractivity contribution in [2.24, 2.45) is 0 Å². The zero-order valence-corrected chi connectivity index (χ0v) is 10.9. The summed E-state index contributed by atoms with van der Waals surface area (Å²) in [7, 11) is 0. The highest BCUT2D eigenvalue weighted by atomic mass is 16.6. The zero-order valence-electron chi connectivity index (χ0n) is 10.9. The summed E-state index contributed by atoms with van der Waals surface area (Å²) in [6.07, 6.45) is 1.53. The molecular weight excluding hydrogens is 206 g/mol. The number of hydrogen-bond donors (Lipinski definition) is 1. The molecule has 0 aromatic rings. The van der Waals surface area contributed by atoms with Gasteiger partial charge in [0.2, 0.25) is 0 Å². The van der Waals surface area contributed by atoms with Gasteiger partial charge >= 0.3 is 6.09 Å². The first-order valence-corrected chi connectivity index (χ1v) is 5.81. The van der Waals surface area contributed by atoms with Crippen LogP contribution in [0.5, 0.6) is 0 Å². The van der Waals surface area contributed by atoms with E-state index in [1.807, 2.05) is 20.8 Å². The summed E-state index contributed by atoms with van der Waals surface area (Å²) in [6.45, 7) is 10.3. The van der Waals surface area contributed by atoms with Crippen molar-refractivity contribution in [2.45, 2.75) is 64.7 Å². The van der Waals surface area contributed by atoms with Gasteiger partial charge in [0, 0.05) is 0 Å². The highest BCUT2D eigenvalue weighted by Crippen LogP contribution is 2.23. The van der Waals surface area contributed by atoms with Gasteiger partial charge in [0.05, 0.1) is 18.2 Å². The van der Waals surface area contributed by atoms with Crippen molar-refractivity contribution in [2.75, 3.05) is 6.61 Å². The van der Waals surface area contributed by atoms with E-state index in [1.54, 1.807) is 0 Å². The van der Waals surface area contributed by atoms with Crippen molar-refractivity contribution >= 4 is 6.09 Å². The fourth-order valence-corrected chi connectivity index (χ4v) is 1.59. The van der Waals surface area contributed by atoms with E-state index in [9.17, 15) is 4.79 Å². The third-order valence-electron chi connectivity index (χ3n) is 2.49. The number of nitrogens with one attached hydrogen (secondary N) is 1. The highest BCUT2D eigenvalue weighted by molar-refractivity contribution is 5.68. The molecule has 0 aromatic heterocycles. The lowest BCUT2D eigenvalue weighted by molar-refractivity contribution is -0.0661. The molecule has 4 heteroatoms. The molecule has 0 spiro atoms. The Balaban J connectivity index is 2.32. The molecule has 0 aromatic carbocycles. The largest absolute Gasteiger partial charge is 0.444 e. The summed E-state index contributed by atoms with van der Waals surface area (Å²) in [5.74, 6) is 0. The lowest BCUT2D eigenvalue weighted by Gasteiger charge is -2.35. The average molecular weight is 229 g/mol. The molecule has 1 aliphatic heterocycles. The number of carbonyl (C=O) groups excluding carboxylic acids is 1. The molecule has 0 radical (unpaired) electrons. The lowest BCUT2D eigenvalue weighted by Crippen LogP contribution is -2.47. The Kier molecular flexibility index (Phi) is 3.84. The molecule has 1 amide bonds. The second kappa shape index (κ2) is 4.62. The van der Waals surface area contributed by atoms with Crippen molar-refractivity contribution in [3.05, 3.63) is 0 Å². The van der Waals surface area contributed by atoms with Crippen molar-refractivity contribution in [3.63, 3.8) is 0 Å². The minimum Gasteiger partial charge on any atom is -0.444 e. The first-order chi connectivity index (χ1) is 7.18. The summed E-state index contributed by atoms with van der Waals surface area (Å²) < 4.78 is 10.8. The van der Waals surface area contributed by atoms with E-state index in [-0.39, 0.29) is 17.7 Å². The summed E-state index contributed by atoms with van der Waals surface area (Å²) in [4.78, 5) is 11.5. The summed E-state index contributed by atoms with van der Waals surface area (Å²) >= 11 is 0. The Morgan fingerprint density at radius 1 is 1.44 bits per heavy atom. The summed E-state index contributed by atoms with van der Waals surface area (Å²) in [6, 6.07) is 0.0721. The minimum atomic E-state index is -0.446. The number of hydrogen-bond acceptors (Lipinski definition) is 3. The van der Waals surface area contributed by atoms with Crippen molar-refractivity contribution in [1.82, 2.24) is 5.32 Å². The molecule has 94 valence electrons. The Hall–Kier alpha value is -0.770. The van der Waals surface area contributed by atoms with Gasteiger partial charge in [0.25, 0.3) is 0 Å². The highest BCUT2D eigenvalue weighted by Gasteiger charge is 2.29. The van der Waals surface area contributed by atoms with E-state index in [4.69, 9.17) is 9.47 Å². The van der Waals surface area contributed by atoms with E-state index < -0.39 is 5.60 Å². The SMILES string of the molecule is CC(C)(C)OC(=O)NC1CCC(C)(C)OC1. The molecule has 1 fully saturated rings. The van der Waals surface area contributed by atoms with Crippen LogP contribution in [-0.2, 0) is 9.47 Å². The number of ether oxygens (including phenoxy) is 2. The smallest absolute Gasteiger partial charge is 0.407 e. The van der Waals surface area contributed by atoms with E-state index in [1.165, 1.54) is 0 Å². The monoisotopic (exact) mass is 229 g/mol. The maximum absolute atomic E-state index is 11.5.